The van der Waals surface area contributed by atoms with Crippen molar-refractivity contribution in [2.45, 2.75) is 19.3 Å². The van der Waals surface area contributed by atoms with E-state index in [9.17, 15) is 9.90 Å². The number of aromatic nitrogens is 1. The van der Waals surface area contributed by atoms with E-state index in [0.717, 1.165) is 52.9 Å². The predicted octanol–water partition coefficient (Wildman–Crippen LogP) is 4.82. The fourth-order valence-electron chi connectivity index (χ4n) is 3.65. The van der Waals surface area contributed by atoms with Gasteiger partial charge in [-0.2, -0.15) is 0 Å². The lowest BCUT2D eigenvalue weighted by molar-refractivity contribution is 0.0697. The number of nitrogens with zero attached hydrogens (tertiary/aromatic N) is 1. The van der Waals surface area contributed by atoms with Gasteiger partial charge in [0.25, 0.3) is 0 Å². The second-order valence-electron chi connectivity index (χ2n) is 6.44. The molecule has 130 valence electrons. The number of ether oxygens (including phenoxy) is 1. The molecule has 1 aromatic heterocycles. The van der Waals surface area contributed by atoms with Gasteiger partial charge in [-0.05, 0) is 60.2 Å². The molecule has 0 fully saturated rings. The van der Waals surface area contributed by atoms with E-state index in [1.165, 1.54) is 0 Å². The maximum absolute atomic E-state index is 12.0. The summed E-state index contributed by atoms with van der Waals surface area (Å²) in [7, 11) is 1.65. The summed E-state index contributed by atoms with van der Waals surface area (Å²) in [4.78, 5) is 16.8. The summed E-state index contributed by atoms with van der Waals surface area (Å²) in [6, 6.07) is 15.3. The highest BCUT2D eigenvalue weighted by Crippen LogP contribution is 2.36. The molecule has 1 aliphatic rings. The number of para-hydroxylation sites is 1. The molecule has 1 heterocycles. The van der Waals surface area contributed by atoms with E-state index < -0.39 is 5.97 Å². The molecule has 0 amide bonds. The first-order valence-electron chi connectivity index (χ1n) is 8.67. The smallest absolute Gasteiger partial charge is 0.336 e. The predicted molar refractivity (Wildman–Crippen MR) is 103 cm³/mol. The molecule has 2 aromatic carbocycles. The molecule has 4 nitrogen and oxygen atoms in total. The summed E-state index contributed by atoms with van der Waals surface area (Å²) in [6.07, 6.45) is 4.63. The molecule has 4 heteroatoms. The standard InChI is InChI=1S/C22H19NO3/c1-26-16-8-4-6-14(13-16)12-15-7-5-10-18-20(22(24)25)17-9-2-3-11-19(17)23-21(15)18/h2-4,6,8-9,11-13H,5,7,10H2,1H3,(H,24,25). The number of rotatable bonds is 3. The number of hydrogen-bond donors (Lipinski definition) is 1. The Labute approximate surface area is 151 Å². The van der Waals surface area contributed by atoms with Crippen LogP contribution in [0.5, 0.6) is 5.75 Å². The topological polar surface area (TPSA) is 59.4 Å². The fraction of sp³-hybridized carbons (Fsp3) is 0.182. The molecule has 0 unspecified atom stereocenters. The van der Waals surface area contributed by atoms with Crippen LogP contribution in [0.1, 0.15) is 40.0 Å². The number of carboxylic acids is 1. The minimum atomic E-state index is -0.887. The third-order valence-electron chi connectivity index (χ3n) is 4.82. The molecule has 0 saturated carbocycles. The van der Waals surface area contributed by atoms with Crippen molar-refractivity contribution in [2.24, 2.45) is 0 Å². The highest BCUT2D eigenvalue weighted by Gasteiger charge is 2.24. The van der Waals surface area contributed by atoms with Crippen LogP contribution in [0.25, 0.3) is 22.6 Å². The van der Waals surface area contributed by atoms with E-state index in [0.29, 0.717) is 10.9 Å². The van der Waals surface area contributed by atoms with Crippen LogP contribution >= 0.6 is 0 Å². The number of allylic oxidation sites excluding steroid dienone is 1. The zero-order valence-corrected chi connectivity index (χ0v) is 14.5. The second-order valence-corrected chi connectivity index (χ2v) is 6.44. The Kier molecular flexibility index (Phi) is 4.17. The lowest BCUT2D eigenvalue weighted by atomic mass is 9.86. The molecule has 26 heavy (non-hydrogen) atoms. The molecule has 0 spiro atoms. The molecule has 0 aliphatic heterocycles. The van der Waals surface area contributed by atoms with Crippen LogP contribution in [0.2, 0.25) is 0 Å². The lowest BCUT2D eigenvalue weighted by Crippen LogP contribution is -2.13. The normalized spacial score (nSPS) is 15.0. The third-order valence-corrected chi connectivity index (χ3v) is 4.82. The molecular weight excluding hydrogens is 326 g/mol. The van der Waals surface area contributed by atoms with E-state index in [2.05, 4.69) is 6.08 Å². The minimum Gasteiger partial charge on any atom is -0.497 e. The Bertz CT molecular complexity index is 1040. The van der Waals surface area contributed by atoms with Crippen LogP contribution in [-0.4, -0.2) is 23.2 Å². The van der Waals surface area contributed by atoms with E-state index in [4.69, 9.17) is 9.72 Å². The number of methoxy groups -OCH3 is 1. The van der Waals surface area contributed by atoms with Gasteiger partial charge in [0.1, 0.15) is 5.75 Å². The molecule has 1 N–H and O–H groups in total. The number of pyridine rings is 1. The first-order valence-corrected chi connectivity index (χ1v) is 8.67. The van der Waals surface area contributed by atoms with E-state index in [1.54, 1.807) is 7.11 Å². The van der Waals surface area contributed by atoms with Gasteiger partial charge in [-0.1, -0.05) is 30.3 Å². The molecule has 0 bridgehead atoms. The van der Waals surface area contributed by atoms with E-state index in [1.807, 2.05) is 48.5 Å². The van der Waals surface area contributed by atoms with Crippen LogP contribution in [0.4, 0.5) is 0 Å². The molecule has 0 saturated heterocycles. The van der Waals surface area contributed by atoms with Gasteiger partial charge in [0.15, 0.2) is 0 Å². The molecule has 3 aromatic rings. The highest BCUT2D eigenvalue weighted by molar-refractivity contribution is 6.05. The molecule has 0 radical (unpaired) electrons. The maximum Gasteiger partial charge on any atom is 0.336 e. The van der Waals surface area contributed by atoms with Crippen molar-refractivity contribution < 1.29 is 14.6 Å². The van der Waals surface area contributed by atoms with Crippen LogP contribution < -0.4 is 4.74 Å². The Morgan fingerprint density at radius 1 is 1.15 bits per heavy atom. The zero-order valence-electron chi connectivity index (χ0n) is 14.5. The summed E-state index contributed by atoms with van der Waals surface area (Å²) < 4.78 is 5.30. The third kappa shape index (κ3) is 2.84. The van der Waals surface area contributed by atoms with Crippen LogP contribution in [0.3, 0.4) is 0 Å². The fourth-order valence-corrected chi connectivity index (χ4v) is 3.65. The molecule has 1 aliphatic carbocycles. The number of carbonyl (C=O) groups is 1. The van der Waals surface area contributed by atoms with Gasteiger partial charge >= 0.3 is 5.97 Å². The first-order chi connectivity index (χ1) is 12.7. The van der Waals surface area contributed by atoms with Crippen molar-refractivity contribution >= 4 is 28.5 Å². The monoisotopic (exact) mass is 345 g/mol. The van der Waals surface area contributed by atoms with Crippen molar-refractivity contribution in [3.05, 3.63) is 70.9 Å². The van der Waals surface area contributed by atoms with Gasteiger partial charge in [-0.25, -0.2) is 9.78 Å². The van der Waals surface area contributed by atoms with Crippen molar-refractivity contribution in [3.8, 4) is 5.75 Å². The quantitative estimate of drug-likeness (QED) is 0.739. The summed E-state index contributed by atoms with van der Waals surface area (Å²) in [5, 5.41) is 10.5. The highest BCUT2D eigenvalue weighted by atomic mass is 16.5. The minimum absolute atomic E-state index is 0.391. The lowest BCUT2D eigenvalue weighted by Gasteiger charge is -2.21. The van der Waals surface area contributed by atoms with Crippen LogP contribution in [0, 0.1) is 0 Å². The Morgan fingerprint density at radius 2 is 2.00 bits per heavy atom. The summed E-state index contributed by atoms with van der Waals surface area (Å²) >= 11 is 0. The Hall–Kier alpha value is -3.14. The molecule has 4 rings (SSSR count). The van der Waals surface area contributed by atoms with Gasteiger partial charge < -0.3 is 9.84 Å². The maximum atomic E-state index is 12.0. The van der Waals surface area contributed by atoms with Crippen LogP contribution in [-0.2, 0) is 6.42 Å². The van der Waals surface area contributed by atoms with Crippen molar-refractivity contribution in [1.29, 1.82) is 0 Å². The Balaban J connectivity index is 1.93. The van der Waals surface area contributed by atoms with Gasteiger partial charge in [0, 0.05) is 5.39 Å². The van der Waals surface area contributed by atoms with Crippen LogP contribution in [0.15, 0.2) is 48.5 Å². The molecular formula is C22H19NO3. The Morgan fingerprint density at radius 3 is 2.81 bits per heavy atom. The number of aromatic carboxylic acids is 1. The average Bonchev–Trinajstić information content (AvgIpc) is 2.66. The van der Waals surface area contributed by atoms with Crippen molar-refractivity contribution in [3.63, 3.8) is 0 Å². The summed E-state index contributed by atoms with van der Waals surface area (Å²) in [5.74, 6) is -0.0874. The number of hydrogen-bond acceptors (Lipinski definition) is 3. The number of carboxylic acid groups (broad SMARTS) is 1. The summed E-state index contributed by atoms with van der Waals surface area (Å²) in [6.45, 7) is 0. The van der Waals surface area contributed by atoms with Crippen molar-refractivity contribution in [1.82, 2.24) is 4.98 Å². The molecule has 0 atom stereocenters. The average molecular weight is 345 g/mol. The van der Waals surface area contributed by atoms with Gasteiger partial charge in [-0.3, -0.25) is 0 Å². The largest absolute Gasteiger partial charge is 0.497 e. The van der Waals surface area contributed by atoms with Gasteiger partial charge in [0.05, 0.1) is 23.9 Å². The number of benzene rings is 2. The number of fused-ring (bicyclic) bond motifs is 2. The van der Waals surface area contributed by atoms with Crippen molar-refractivity contribution in [2.75, 3.05) is 7.11 Å². The SMILES string of the molecule is COc1cccc(C=C2CCCc3c2nc2ccccc2c3C(=O)O)c1. The second kappa shape index (κ2) is 6.64. The summed E-state index contributed by atoms with van der Waals surface area (Å²) in [5.41, 5.74) is 4.88. The first kappa shape index (κ1) is 16.3. The zero-order chi connectivity index (χ0) is 18.1. The van der Waals surface area contributed by atoms with E-state index in [-0.39, 0.29) is 0 Å². The van der Waals surface area contributed by atoms with Gasteiger partial charge in [-0.15, -0.1) is 0 Å². The van der Waals surface area contributed by atoms with E-state index >= 15 is 0 Å². The van der Waals surface area contributed by atoms with Gasteiger partial charge in [0.2, 0.25) is 0 Å².